The van der Waals surface area contributed by atoms with Crippen molar-refractivity contribution in [2.75, 3.05) is 11.4 Å². The highest BCUT2D eigenvalue weighted by Crippen LogP contribution is 2.36. The van der Waals surface area contributed by atoms with E-state index in [0.29, 0.717) is 6.42 Å². The number of aryl methyl sites for hydroxylation is 2. The van der Waals surface area contributed by atoms with Gasteiger partial charge in [0, 0.05) is 18.7 Å². The lowest BCUT2D eigenvalue weighted by molar-refractivity contribution is 0.0962. The average Bonchev–Trinajstić information content (AvgIpc) is 3.12. The SMILES string of the molecule is Cc1ccc(C2CC(=O)c3c(C)nc(N4CCc5ccccc54)nc3C2)cc1. The molecule has 0 N–H and O–H groups in total. The number of hydrogen-bond donors (Lipinski definition) is 0. The molecule has 4 heteroatoms. The zero-order valence-corrected chi connectivity index (χ0v) is 16.3. The quantitative estimate of drug-likeness (QED) is 0.657. The first-order chi connectivity index (χ1) is 13.6. The molecule has 4 nitrogen and oxygen atoms in total. The van der Waals surface area contributed by atoms with Crippen molar-refractivity contribution in [2.24, 2.45) is 0 Å². The molecular formula is C24H23N3O. The van der Waals surface area contributed by atoms with E-state index in [2.05, 4.69) is 60.4 Å². The van der Waals surface area contributed by atoms with E-state index >= 15 is 0 Å². The van der Waals surface area contributed by atoms with Gasteiger partial charge >= 0.3 is 0 Å². The fourth-order valence-corrected chi connectivity index (χ4v) is 4.50. The van der Waals surface area contributed by atoms with Crippen LogP contribution >= 0.6 is 0 Å². The standard InChI is InChI=1S/C24H23N3O/c1-15-7-9-17(10-8-15)19-13-20-23(22(28)14-19)16(2)25-24(26-20)27-12-11-18-5-3-4-6-21(18)27/h3-10,19H,11-14H2,1-2H3. The van der Waals surface area contributed by atoms with Crippen molar-refractivity contribution < 1.29 is 4.79 Å². The predicted octanol–water partition coefficient (Wildman–Crippen LogP) is 4.70. The van der Waals surface area contributed by atoms with Crippen LogP contribution in [0.1, 0.15) is 50.8 Å². The third-order valence-corrected chi connectivity index (χ3v) is 5.98. The maximum atomic E-state index is 12.9. The number of benzene rings is 2. The molecule has 140 valence electrons. The van der Waals surface area contributed by atoms with Crippen molar-refractivity contribution in [3.8, 4) is 0 Å². The summed E-state index contributed by atoms with van der Waals surface area (Å²) in [5.41, 5.74) is 7.40. The van der Waals surface area contributed by atoms with E-state index in [-0.39, 0.29) is 11.7 Å². The molecule has 1 unspecified atom stereocenters. The predicted molar refractivity (Wildman–Crippen MR) is 110 cm³/mol. The van der Waals surface area contributed by atoms with Crippen LogP contribution in [-0.2, 0) is 12.8 Å². The summed E-state index contributed by atoms with van der Waals surface area (Å²) in [7, 11) is 0. The Hall–Kier alpha value is -3.01. The summed E-state index contributed by atoms with van der Waals surface area (Å²) in [5, 5.41) is 0. The molecule has 1 aliphatic heterocycles. The first kappa shape index (κ1) is 17.1. The smallest absolute Gasteiger partial charge is 0.230 e. The molecule has 5 rings (SSSR count). The molecule has 1 aromatic heterocycles. The van der Waals surface area contributed by atoms with Gasteiger partial charge in [-0.25, -0.2) is 9.97 Å². The minimum absolute atomic E-state index is 0.165. The number of fused-ring (bicyclic) bond motifs is 2. The Kier molecular flexibility index (Phi) is 4.00. The summed E-state index contributed by atoms with van der Waals surface area (Å²) in [6.45, 7) is 4.91. The van der Waals surface area contributed by atoms with Gasteiger partial charge in [-0.3, -0.25) is 4.79 Å². The van der Waals surface area contributed by atoms with Crippen LogP contribution in [0.25, 0.3) is 0 Å². The van der Waals surface area contributed by atoms with Crippen molar-refractivity contribution in [3.63, 3.8) is 0 Å². The molecule has 1 atom stereocenters. The maximum absolute atomic E-state index is 12.9. The Balaban J connectivity index is 1.53. The summed E-state index contributed by atoms with van der Waals surface area (Å²) < 4.78 is 0. The van der Waals surface area contributed by atoms with Crippen molar-refractivity contribution in [3.05, 3.63) is 82.2 Å². The van der Waals surface area contributed by atoms with E-state index < -0.39 is 0 Å². The normalized spacial score (nSPS) is 18.1. The molecular weight excluding hydrogens is 346 g/mol. The molecule has 2 heterocycles. The molecule has 0 saturated carbocycles. The lowest BCUT2D eigenvalue weighted by Gasteiger charge is -2.26. The van der Waals surface area contributed by atoms with Gasteiger partial charge in [0.15, 0.2) is 5.78 Å². The van der Waals surface area contributed by atoms with Gasteiger partial charge < -0.3 is 4.90 Å². The van der Waals surface area contributed by atoms with Gasteiger partial charge in [0.2, 0.25) is 5.95 Å². The van der Waals surface area contributed by atoms with Gasteiger partial charge in [-0.05, 0) is 49.8 Å². The highest BCUT2D eigenvalue weighted by atomic mass is 16.1. The van der Waals surface area contributed by atoms with Crippen LogP contribution in [0, 0.1) is 13.8 Å². The van der Waals surface area contributed by atoms with E-state index in [1.807, 2.05) is 6.92 Å². The molecule has 2 aromatic carbocycles. The second-order valence-electron chi connectivity index (χ2n) is 7.90. The summed E-state index contributed by atoms with van der Waals surface area (Å²) in [6, 6.07) is 16.9. The van der Waals surface area contributed by atoms with Crippen LogP contribution in [0.5, 0.6) is 0 Å². The lowest BCUT2D eigenvalue weighted by Crippen LogP contribution is -2.25. The number of hydrogen-bond acceptors (Lipinski definition) is 4. The van der Waals surface area contributed by atoms with E-state index in [1.54, 1.807) is 0 Å². The van der Waals surface area contributed by atoms with Crippen LogP contribution in [0.3, 0.4) is 0 Å². The number of carbonyl (C=O) groups excluding carboxylic acids is 1. The van der Waals surface area contributed by atoms with Crippen LogP contribution < -0.4 is 4.90 Å². The molecule has 0 spiro atoms. The monoisotopic (exact) mass is 369 g/mol. The van der Waals surface area contributed by atoms with Crippen LogP contribution in [-0.4, -0.2) is 22.3 Å². The van der Waals surface area contributed by atoms with Gasteiger partial charge in [0.1, 0.15) is 0 Å². The number of para-hydroxylation sites is 1. The zero-order chi connectivity index (χ0) is 19.3. The summed E-state index contributed by atoms with van der Waals surface area (Å²) in [5.74, 6) is 1.07. The average molecular weight is 369 g/mol. The summed E-state index contributed by atoms with van der Waals surface area (Å²) in [6.07, 6.45) is 2.32. The maximum Gasteiger partial charge on any atom is 0.230 e. The molecule has 28 heavy (non-hydrogen) atoms. The molecule has 1 aliphatic carbocycles. The molecule has 0 radical (unpaired) electrons. The first-order valence-corrected chi connectivity index (χ1v) is 9.93. The number of nitrogens with zero attached hydrogens (tertiary/aromatic N) is 3. The largest absolute Gasteiger partial charge is 0.310 e. The van der Waals surface area contributed by atoms with E-state index in [0.717, 1.165) is 42.3 Å². The fraction of sp³-hybridized carbons (Fsp3) is 0.292. The zero-order valence-electron chi connectivity index (χ0n) is 16.3. The van der Waals surface area contributed by atoms with Crippen molar-refractivity contribution in [2.45, 2.75) is 39.0 Å². The Labute approximate surface area is 165 Å². The second kappa shape index (κ2) is 6.55. The van der Waals surface area contributed by atoms with Gasteiger partial charge in [-0.15, -0.1) is 0 Å². The van der Waals surface area contributed by atoms with Crippen LogP contribution in [0.15, 0.2) is 48.5 Å². The second-order valence-corrected chi connectivity index (χ2v) is 7.90. The van der Waals surface area contributed by atoms with E-state index in [9.17, 15) is 4.79 Å². The number of anilines is 2. The molecule has 0 bridgehead atoms. The minimum atomic E-state index is 0.165. The van der Waals surface area contributed by atoms with Gasteiger partial charge in [0.05, 0.1) is 17.0 Å². The topological polar surface area (TPSA) is 46.1 Å². The highest BCUT2D eigenvalue weighted by Gasteiger charge is 2.31. The van der Waals surface area contributed by atoms with E-state index in [4.69, 9.17) is 9.97 Å². The molecule has 0 fully saturated rings. The lowest BCUT2D eigenvalue weighted by atomic mass is 9.81. The number of Topliss-reactive ketones (excluding diaryl/α,β-unsaturated/α-hetero) is 1. The number of carbonyl (C=O) groups is 1. The van der Waals surface area contributed by atoms with Crippen LogP contribution in [0.2, 0.25) is 0 Å². The number of aromatic nitrogens is 2. The number of rotatable bonds is 2. The van der Waals surface area contributed by atoms with E-state index in [1.165, 1.54) is 22.4 Å². The van der Waals surface area contributed by atoms with Gasteiger partial charge in [0.25, 0.3) is 0 Å². The van der Waals surface area contributed by atoms with Crippen molar-refractivity contribution in [1.82, 2.24) is 9.97 Å². The fourth-order valence-electron chi connectivity index (χ4n) is 4.50. The van der Waals surface area contributed by atoms with Gasteiger partial charge in [-0.2, -0.15) is 0 Å². The molecule has 2 aliphatic rings. The number of ketones is 1. The van der Waals surface area contributed by atoms with Crippen molar-refractivity contribution in [1.29, 1.82) is 0 Å². The third kappa shape index (κ3) is 2.80. The summed E-state index contributed by atoms with van der Waals surface area (Å²) in [4.78, 5) is 24.7. The Morgan fingerprint density at radius 2 is 1.75 bits per heavy atom. The Morgan fingerprint density at radius 3 is 2.57 bits per heavy atom. The highest BCUT2D eigenvalue weighted by molar-refractivity contribution is 5.99. The molecule has 0 saturated heterocycles. The molecule has 0 amide bonds. The van der Waals surface area contributed by atoms with Gasteiger partial charge in [-0.1, -0.05) is 48.0 Å². The Bertz CT molecular complexity index is 1070. The van der Waals surface area contributed by atoms with Crippen LogP contribution in [0.4, 0.5) is 11.6 Å². The molecule has 3 aromatic rings. The third-order valence-electron chi connectivity index (χ3n) is 5.98. The minimum Gasteiger partial charge on any atom is -0.310 e. The first-order valence-electron chi connectivity index (χ1n) is 9.93. The van der Waals surface area contributed by atoms with Crippen molar-refractivity contribution >= 4 is 17.4 Å². The summed E-state index contributed by atoms with van der Waals surface area (Å²) >= 11 is 0. The Morgan fingerprint density at radius 1 is 0.964 bits per heavy atom.